The molecule has 1 aromatic heterocycles. The molecule has 0 saturated heterocycles. The molecule has 0 atom stereocenters. The number of carbonyl (C=O) groups excluding carboxylic acids is 1. The second kappa shape index (κ2) is 6.34. The normalized spacial score (nSPS) is 11.5. The molecule has 1 N–H and O–H groups in total. The van der Waals surface area contributed by atoms with Crippen molar-refractivity contribution in [2.24, 2.45) is 5.41 Å². The molecule has 6 nitrogen and oxygen atoms in total. The number of hydrogen-bond acceptors (Lipinski definition) is 5. The smallest absolute Gasteiger partial charge is 0.312 e. The second-order valence-electron chi connectivity index (χ2n) is 4.57. The number of esters is 1. The van der Waals surface area contributed by atoms with Crippen LogP contribution < -0.4 is 5.32 Å². The summed E-state index contributed by atoms with van der Waals surface area (Å²) in [6.45, 7) is 6.00. The molecule has 0 amide bonds. The van der Waals surface area contributed by atoms with E-state index in [0.717, 1.165) is 19.5 Å². The van der Waals surface area contributed by atoms with Crippen LogP contribution in [0.15, 0.2) is 12.4 Å². The summed E-state index contributed by atoms with van der Waals surface area (Å²) in [6, 6.07) is 0. The average Bonchev–Trinajstić information content (AvgIpc) is 2.80. The van der Waals surface area contributed by atoms with Crippen LogP contribution in [-0.2, 0) is 16.1 Å². The number of carbonyl (C=O) groups is 1. The summed E-state index contributed by atoms with van der Waals surface area (Å²) < 4.78 is 6.51. The van der Waals surface area contributed by atoms with E-state index in [1.54, 1.807) is 10.9 Å². The van der Waals surface area contributed by atoms with Crippen LogP contribution in [0.2, 0.25) is 0 Å². The molecule has 1 rings (SSSR count). The van der Waals surface area contributed by atoms with E-state index in [4.69, 9.17) is 4.74 Å². The Balaban J connectivity index is 2.13. The predicted octanol–water partition coefficient (Wildman–Crippen LogP) is 0.457. The Morgan fingerprint density at radius 2 is 2.29 bits per heavy atom. The lowest BCUT2D eigenvalue weighted by molar-refractivity contribution is -0.150. The van der Waals surface area contributed by atoms with Crippen LogP contribution in [-0.4, -0.2) is 41.2 Å². The first kappa shape index (κ1) is 13.6. The zero-order chi connectivity index (χ0) is 12.7. The SMILES string of the molecule is COC(=O)C(C)(C)CNCCCn1ccnn1. The maximum atomic E-state index is 11.4. The highest BCUT2D eigenvalue weighted by Gasteiger charge is 2.27. The van der Waals surface area contributed by atoms with E-state index in [2.05, 4.69) is 15.6 Å². The molecule has 0 aliphatic carbocycles. The van der Waals surface area contributed by atoms with Gasteiger partial charge in [0.25, 0.3) is 0 Å². The van der Waals surface area contributed by atoms with Crippen molar-refractivity contribution in [3.63, 3.8) is 0 Å². The van der Waals surface area contributed by atoms with Crippen LogP contribution in [0.1, 0.15) is 20.3 Å². The van der Waals surface area contributed by atoms with E-state index in [1.807, 2.05) is 20.0 Å². The molecule has 1 aromatic rings. The highest BCUT2D eigenvalue weighted by Crippen LogP contribution is 2.15. The fourth-order valence-corrected chi connectivity index (χ4v) is 1.47. The monoisotopic (exact) mass is 240 g/mol. The Morgan fingerprint density at radius 1 is 1.53 bits per heavy atom. The summed E-state index contributed by atoms with van der Waals surface area (Å²) in [5.41, 5.74) is -0.484. The van der Waals surface area contributed by atoms with Gasteiger partial charge >= 0.3 is 5.97 Å². The van der Waals surface area contributed by atoms with Crippen molar-refractivity contribution in [1.82, 2.24) is 20.3 Å². The van der Waals surface area contributed by atoms with Gasteiger partial charge in [0.15, 0.2) is 0 Å². The minimum Gasteiger partial charge on any atom is -0.469 e. The van der Waals surface area contributed by atoms with Crippen molar-refractivity contribution in [2.75, 3.05) is 20.2 Å². The number of rotatable bonds is 7. The highest BCUT2D eigenvalue weighted by molar-refractivity contribution is 5.75. The number of nitrogens with one attached hydrogen (secondary N) is 1. The van der Waals surface area contributed by atoms with E-state index in [0.29, 0.717) is 6.54 Å². The summed E-state index contributed by atoms with van der Waals surface area (Å²) in [7, 11) is 1.41. The van der Waals surface area contributed by atoms with Gasteiger partial charge in [-0.1, -0.05) is 5.21 Å². The van der Waals surface area contributed by atoms with Crippen molar-refractivity contribution in [1.29, 1.82) is 0 Å². The fraction of sp³-hybridized carbons (Fsp3) is 0.727. The van der Waals surface area contributed by atoms with Gasteiger partial charge in [-0.15, -0.1) is 5.10 Å². The summed E-state index contributed by atoms with van der Waals surface area (Å²) >= 11 is 0. The average molecular weight is 240 g/mol. The number of ether oxygens (including phenoxy) is 1. The van der Waals surface area contributed by atoms with Crippen LogP contribution in [0.4, 0.5) is 0 Å². The Labute approximate surface area is 101 Å². The Kier molecular flexibility index (Phi) is 5.09. The highest BCUT2D eigenvalue weighted by atomic mass is 16.5. The maximum absolute atomic E-state index is 11.4. The minimum absolute atomic E-state index is 0.193. The molecule has 0 aliphatic heterocycles. The van der Waals surface area contributed by atoms with Gasteiger partial charge in [-0.05, 0) is 26.8 Å². The number of hydrogen-bond donors (Lipinski definition) is 1. The summed E-state index contributed by atoms with van der Waals surface area (Å²) in [5, 5.41) is 10.8. The van der Waals surface area contributed by atoms with Crippen molar-refractivity contribution < 1.29 is 9.53 Å². The zero-order valence-corrected chi connectivity index (χ0v) is 10.6. The molecule has 0 aliphatic rings. The first-order chi connectivity index (χ1) is 8.06. The van der Waals surface area contributed by atoms with E-state index in [1.165, 1.54) is 7.11 Å². The molecule has 0 aromatic carbocycles. The van der Waals surface area contributed by atoms with E-state index in [9.17, 15) is 4.79 Å². The number of aromatic nitrogens is 3. The third-order valence-electron chi connectivity index (χ3n) is 2.52. The summed E-state index contributed by atoms with van der Waals surface area (Å²) in [6.07, 6.45) is 4.44. The quantitative estimate of drug-likeness (QED) is 0.554. The lowest BCUT2D eigenvalue weighted by atomic mass is 9.94. The molecule has 1 heterocycles. The molecule has 0 saturated carbocycles. The Bertz CT molecular complexity index is 335. The lowest BCUT2D eigenvalue weighted by Crippen LogP contribution is -2.37. The molecular formula is C11H20N4O2. The van der Waals surface area contributed by atoms with Gasteiger partial charge in [-0.25, -0.2) is 0 Å². The Morgan fingerprint density at radius 3 is 2.88 bits per heavy atom. The molecule has 0 radical (unpaired) electrons. The first-order valence-corrected chi connectivity index (χ1v) is 5.69. The van der Waals surface area contributed by atoms with Crippen LogP contribution in [0, 0.1) is 5.41 Å². The van der Waals surface area contributed by atoms with E-state index in [-0.39, 0.29) is 5.97 Å². The lowest BCUT2D eigenvalue weighted by Gasteiger charge is -2.21. The molecule has 0 fully saturated rings. The summed E-state index contributed by atoms with van der Waals surface area (Å²) in [5.74, 6) is -0.193. The third kappa shape index (κ3) is 4.52. The Hall–Kier alpha value is -1.43. The molecule has 17 heavy (non-hydrogen) atoms. The van der Waals surface area contributed by atoms with Gasteiger partial charge < -0.3 is 10.1 Å². The third-order valence-corrected chi connectivity index (χ3v) is 2.52. The van der Waals surface area contributed by atoms with Crippen LogP contribution in [0.5, 0.6) is 0 Å². The number of nitrogens with zero attached hydrogens (tertiary/aromatic N) is 3. The van der Waals surface area contributed by atoms with Gasteiger partial charge in [-0.2, -0.15) is 0 Å². The topological polar surface area (TPSA) is 69.0 Å². The van der Waals surface area contributed by atoms with Crippen molar-refractivity contribution in [2.45, 2.75) is 26.8 Å². The molecule has 0 bridgehead atoms. The number of methoxy groups -OCH3 is 1. The molecule has 0 spiro atoms. The van der Waals surface area contributed by atoms with E-state index < -0.39 is 5.41 Å². The van der Waals surface area contributed by atoms with Gasteiger partial charge in [0, 0.05) is 19.3 Å². The second-order valence-corrected chi connectivity index (χ2v) is 4.57. The number of aryl methyl sites for hydroxylation is 1. The molecule has 0 unspecified atom stereocenters. The summed E-state index contributed by atoms with van der Waals surface area (Å²) in [4.78, 5) is 11.4. The zero-order valence-electron chi connectivity index (χ0n) is 10.6. The molecule has 6 heteroatoms. The minimum atomic E-state index is -0.484. The van der Waals surface area contributed by atoms with Crippen molar-refractivity contribution in [3.8, 4) is 0 Å². The van der Waals surface area contributed by atoms with Gasteiger partial charge in [0.2, 0.25) is 0 Å². The van der Waals surface area contributed by atoms with Crippen LogP contribution >= 0.6 is 0 Å². The molecular weight excluding hydrogens is 220 g/mol. The molecule has 96 valence electrons. The van der Waals surface area contributed by atoms with Gasteiger partial charge in [0.1, 0.15) is 0 Å². The van der Waals surface area contributed by atoms with Gasteiger partial charge in [-0.3, -0.25) is 9.48 Å². The predicted molar refractivity (Wildman–Crippen MR) is 63.3 cm³/mol. The van der Waals surface area contributed by atoms with Crippen molar-refractivity contribution in [3.05, 3.63) is 12.4 Å². The maximum Gasteiger partial charge on any atom is 0.312 e. The first-order valence-electron chi connectivity index (χ1n) is 5.69. The fourth-order valence-electron chi connectivity index (χ4n) is 1.47. The van der Waals surface area contributed by atoms with E-state index >= 15 is 0 Å². The van der Waals surface area contributed by atoms with Crippen LogP contribution in [0.25, 0.3) is 0 Å². The van der Waals surface area contributed by atoms with Crippen LogP contribution in [0.3, 0.4) is 0 Å². The largest absolute Gasteiger partial charge is 0.469 e. The van der Waals surface area contributed by atoms with Crippen molar-refractivity contribution >= 4 is 5.97 Å². The standard InChI is InChI=1S/C11H20N4O2/c1-11(2,10(16)17-3)9-12-5-4-7-15-8-6-13-14-15/h6,8,12H,4-5,7,9H2,1-3H3. The van der Waals surface area contributed by atoms with Gasteiger partial charge in [0.05, 0.1) is 18.7 Å².